The molecule has 0 nitrogen and oxygen atoms in total. The van der Waals surface area contributed by atoms with E-state index in [4.69, 9.17) is 0 Å². The fourth-order valence-electron chi connectivity index (χ4n) is 1.30. The molecule has 0 aromatic heterocycles. The van der Waals surface area contributed by atoms with E-state index in [1.807, 2.05) is 43.3 Å². The van der Waals surface area contributed by atoms with Crippen molar-refractivity contribution in [1.29, 1.82) is 0 Å². The van der Waals surface area contributed by atoms with Crippen molar-refractivity contribution in [2.45, 2.75) is 6.92 Å². The predicted molar refractivity (Wildman–Crippen MR) is 54.3 cm³/mol. The van der Waals surface area contributed by atoms with Gasteiger partial charge in [0, 0.05) is 0 Å². The Morgan fingerprint density at radius 1 is 0.929 bits per heavy atom. The van der Waals surface area contributed by atoms with Crippen LogP contribution in [-0.2, 0) is 18.6 Å². The van der Waals surface area contributed by atoms with Crippen molar-refractivity contribution in [3.05, 3.63) is 60.2 Å². The van der Waals surface area contributed by atoms with Crippen molar-refractivity contribution >= 4 is 0 Å². The maximum absolute atomic E-state index is 3.29. The minimum absolute atomic E-state index is 0. The molecule has 0 bridgehead atoms. The number of aryl methyl sites for hydroxylation is 1. The SMILES string of the molecule is Cc1[c-]c(-c2[c-]cccc2)ccc1.[V+2]. The Bertz CT molecular complexity index is 393. The Hall–Kier alpha value is -0.976. The van der Waals surface area contributed by atoms with E-state index in [9.17, 15) is 0 Å². The third kappa shape index (κ3) is 2.51. The molecule has 1 heteroatoms. The zero-order chi connectivity index (χ0) is 9.10. The molecule has 0 atom stereocenters. The molecule has 1 radical (unpaired) electrons. The zero-order valence-corrected chi connectivity index (χ0v) is 9.39. The molecule has 0 aliphatic carbocycles. The fourth-order valence-corrected chi connectivity index (χ4v) is 1.30. The molecule has 0 aliphatic rings. The Morgan fingerprint density at radius 2 is 1.71 bits per heavy atom. The van der Waals surface area contributed by atoms with Gasteiger partial charge in [-0.05, 0) is 0 Å². The summed E-state index contributed by atoms with van der Waals surface area (Å²) in [4.78, 5) is 0. The van der Waals surface area contributed by atoms with E-state index in [2.05, 4.69) is 18.2 Å². The van der Waals surface area contributed by atoms with Crippen molar-refractivity contribution in [2.75, 3.05) is 0 Å². The molecule has 14 heavy (non-hydrogen) atoms. The van der Waals surface area contributed by atoms with Gasteiger partial charge in [-0.1, -0.05) is 6.92 Å². The number of benzene rings is 2. The van der Waals surface area contributed by atoms with Gasteiger partial charge < -0.3 is 0 Å². The van der Waals surface area contributed by atoms with Gasteiger partial charge in [0.05, 0.1) is 0 Å². The molecule has 0 fully saturated rings. The van der Waals surface area contributed by atoms with Crippen LogP contribution >= 0.6 is 0 Å². The second-order valence-electron chi connectivity index (χ2n) is 3.02. The maximum Gasteiger partial charge on any atom is 2.00 e. The van der Waals surface area contributed by atoms with Gasteiger partial charge in [0.15, 0.2) is 0 Å². The Morgan fingerprint density at radius 3 is 2.36 bits per heavy atom. The second-order valence-corrected chi connectivity index (χ2v) is 3.02. The first-order valence-corrected chi connectivity index (χ1v) is 4.32. The molecule has 0 saturated carbocycles. The van der Waals surface area contributed by atoms with Crippen LogP contribution in [0.5, 0.6) is 0 Å². The Balaban J connectivity index is 0.000000980. The average molecular weight is 217 g/mol. The summed E-state index contributed by atoms with van der Waals surface area (Å²) in [6, 6.07) is 20.6. The van der Waals surface area contributed by atoms with Crippen LogP contribution in [0.15, 0.2) is 42.5 Å². The van der Waals surface area contributed by atoms with Gasteiger partial charge in [-0.2, -0.15) is 42.5 Å². The van der Waals surface area contributed by atoms with Crippen LogP contribution in [0, 0.1) is 19.1 Å². The maximum atomic E-state index is 3.29. The fraction of sp³-hybridized carbons (Fsp3) is 0.0769. The molecule has 0 heterocycles. The van der Waals surface area contributed by atoms with Crippen LogP contribution in [0.25, 0.3) is 11.1 Å². The van der Waals surface area contributed by atoms with Gasteiger partial charge in [-0.25, -0.2) is 11.1 Å². The van der Waals surface area contributed by atoms with Crippen LogP contribution in [0.3, 0.4) is 0 Å². The zero-order valence-electron chi connectivity index (χ0n) is 7.99. The van der Waals surface area contributed by atoms with Gasteiger partial charge >= 0.3 is 18.6 Å². The topological polar surface area (TPSA) is 0 Å². The normalized spacial score (nSPS) is 9.21. The van der Waals surface area contributed by atoms with E-state index < -0.39 is 0 Å². The van der Waals surface area contributed by atoms with Gasteiger partial charge in [0.1, 0.15) is 0 Å². The summed E-state index contributed by atoms with van der Waals surface area (Å²) in [7, 11) is 0. The first kappa shape index (κ1) is 11.1. The largest absolute Gasteiger partial charge is 2.00 e. The third-order valence-electron chi connectivity index (χ3n) is 1.94. The molecule has 0 N–H and O–H groups in total. The summed E-state index contributed by atoms with van der Waals surface area (Å²) in [6.45, 7) is 2.05. The van der Waals surface area contributed by atoms with E-state index in [0.29, 0.717) is 0 Å². The molecule has 2 rings (SSSR count). The third-order valence-corrected chi connectivity index (χ3v) is 1.94. The van der Waals surface area contributed by atoms with Crippen molar-refractivity contribution in [2.24, 2.45) is 0 Å². The monoisotopic (exact) mass is 217 g/mol. The number of rotatable bonds is 1. The summed E-state index contributed by atoms with van der Waals surface area (Å²) in [5, 5.41) is 0. The first-order valence-electron chi connectivity index (χ1n) is 4.32. The standard InChI is InChI=1S/C13H10.V/c1-11-6-5-9-13(10-11)12-7-3-2-4-8-12;/h2-7,9H,1H3;/q-2;+2. The molecular formula is C13H10V. The summed E-state index contributed by atoms with van der Waals surface area (Å²) >= 11 is 0. The quantitative estimate of drug-likeness (QED) is 0.643. The van der Waals surface area contributed by atoms with Gasteiger partial charge in [-0.15, -0.1) is 17.7 Å². The Kier molecular flexibility index (Phi) is 4.00. The number of hydrogen-bond donors (Lipinski definition) is 0. The second kappa shape index (κ2) is 5.04. The smallest absolute Gasteiger partial charge is 0.226 e. The van der Waals surface area contributed by atoms with Crippen LogP contribution in [0.1, 0.15) is 5.56 Å². The average Bonchev–Trinajstić information content (AvgIpc) is 2.19. The molecule has 0 amide bonds. The van der Waals surface area contributed by atoms with Crippen molar-refractivity contribution in [1.82, 2.24) is 0 Å². The molecule has 0 aliphatic heterocycles. The summed E-state index contributed by atoms with van der Waals surface area (Å²) in [5.41, 5.74) is 3.38. The van der Waals surface area contributed by atoms with Crippen molar-refractivity contribution in [3.63, 3.8) is 0 Å². The van der Waals surface area contributed by atoms with Gasteiger partial charge in [0.2, 0.25) is 0 Å². The molecule has 2 aromatic carbocycles. The summed E-state index contributed by atoms with van der Waals surface area (Å²) < 4.78 is 0. The molecule has 0 saturated heterocycles. The molecular weight excluding hydrogens is 207 g/mol. The van der Waals surface area contributed by atoms with E-state index in [-0.39, 0.29) is 18.6 Å². The Labute approximate surface area is 96.9 Å². The molecule has 67 valence electrons. The van der Waals surface area contributed by atoms with Crippen molar-refractivity contribution in [3.8, 4) is 11.1 Å². The first-order chi connectivity index (χ1) is 6.36. The van der Waals surface area contributed by atoms with Gasteiger partial charge in [-0.3, -0.25) is 0 Å². The van der Waals surface area contributed by atoms with Crippen LogP contribution in [0.4, 0.5) is 0 Å². The van der Waals surface area contributed by atoms with Crippen LogP contribution in [-0.4, -0.2) is 0 Å². The molecule has 2 aromatic rings. The van der Waals surface area contributed by atoms with Gasteiger partial charge in [0.25, 0.3) is 0 Å². The summed E-state index contributed by atoms with van der Waals surface area (Å²) in [6.07, 6.45) is 0. The minimum atomic E-state index is 0. The van der Waals surface area contributed by atoms with E-state index >= 15 is 0 Å². The summed E-state index contributed by atoms with van der Waals surface area (Å²) in [5.74, 6) is 0. The molecule has 0 spiro atoms. The molecule has 0 unspecified atom stereocenters. The van der Waals surface area contributed by atoms with Crippen LogP contribution in [0.2, 0.25) is 0 Å². The predicted octanol–water partition coefficient (Wildman–Crippen LogP) is 3.26. The van der Waals surface area contributed by atoms with E-state index in [0.717, 1.165) is 16.7 Å². The van der Waals surface area contributed by atoms with E-state index in [1.165, 1.54) is 0 Å². The van der Waals surface area contributed by atoms with Crippen LogP contribution < -0.4 is 0 Å². The van der Waals surface area contributed by atoms with E-state index in [1.54, 1.807) is 0 Å². The number of hydrogen-bond acceptors (Lipinski definition) is 0. The van der Waals surface area contributed by atoms with Crippen molar-refractivity contribution < 1.29 is 18.6 Å². The minimum Gasteiger partial charge on any atom is -0.226 e.